The highest BCUT2D eigenvalue weighted by Crippen LogP contribution is 2.06. The Morgan fingerprint density at radius 3 is 1.57 bits per heavy atom. The van der Waals surface area contributed by atoms with Crippen molar-refractivity contribution in [3.8, 4) is 0 Å². The minimum absolute atomic E-state index is 1.26. The third-order valence-corrected chi connectivity index (χ3v) is 3.87. The Morgan fingerprint density at radius 2 is 1.21 bits per heavy atom. The molecule has 0 nitrogen and oxygen atoms in total. The van der Waals surface area contributed by atoms with E-state index < -0.39 is 0 Å². The highest BCUT2D eigenvalue weighted by Gasteiger charge is 1.86. The summed E-state index contributed by atoms with van der Waals surface area (Å²) in [4.78, 5) is 0. The van der Waals surface area contributed by atoms with E-state index in [4.69, 9.17) is 0 Å². The summed E-state index contributed by atoms with van der Waals surface area (Å²) in [5.41, 5.74) is 0. The van der Waals surface area contributed by atoms with Crippen molar-refractivity contribution in [2.75, 3.05) is 23.0 Å². The smallest absolute Gasteiger partial charge is 0.00647 e. The van der Waals surface area contributed by atoms with Gasteiger partial charge in [-0.1, -0.05) is 26.0 Å². The van der Waals surface area contributed by atoms with Crippen LogP contribution >= 0.6 is 23.5 Å². The number of allylic oxidation sites excluding steroid dienone is 2. The molecule has 0 N–H and O–H groups in total. The van der Waals surface area contributed by atoms with Crippen LogP contribution in [0.2, 0.25) is 0 Å². The molecule has 84 valence electrons. The standard InChI is InChI=1S/C12H24S2/c1-3-13-11-9-7-5-6-8-10-12-14-4-2/h5-6H,3-4,7-12H2,1-2H3/b6-5-. The first-order chi connectivity index (χ1) is 6.91. The largest absolute Gasteiger partial charge is 0.162 e. The van der Waals surface area contributed by atoms with Crippen molar-refractivity contribution in [1.82, 2.24) is 0 Å². The van der Waals surface area contributed by atoms with Crippen molar-refractivity contribution in [2.45, 2.75) is 39.5 Å². The van der Waals surface area contributed by atoms with Gasteiger partial charge in [0.15, 0.2) is 0 Å². The summed E-state index contributed by atoms with van der Waals surface area (Å²) in [5.74, 6) is 5.18. The van der Waals surface area contributed by atoms with Gasteiger partial charge in [-0.3, -0.25) is 0 Å². The number of rotatable bonds is 10. The van der Waals surface area contributed by atoms with Crippen molar-refractivity contribution in [1.29, 1.82) is 0 Å². The van der Waals surface area contributed by atoms with Gasteiger partial charge in [0, 0.05) is 0 Å². The molecule has 0 heterocycles. The molecule has 0 fully saturated rings. The molecule has 0 atom stereocenters. The first kappa shape index (κ1) is 14.4. The van der Waals surface area contributed by atoms with Crippen molar-refractivity contribution < 1.29 is 0 Å². The molecule has 0 aromatic heterocycles. The molecule has 0 aliphatic carbocycles. The summed E-state index contributed by atoms with van der Waals surface area (Å²) in [6.45, 7) is 4.46. The Kier molecular flexibility index (Phi) is 13.9. The lowest BCUT2D eigenvalue weighted by Gasteiger charge is -1.95. The second-order valence-corrected chi connectivity index (χ2v) is 5.94. The molecule has 0 radical (unpaired) electrons. The summed E-state index contributed by atoms with van der Waals surface area (Å²) >= 11 is 4.09. The summed E-state index contributed by atoms with van der Waals surface area (Å²) in [6, 6.07) is 0. The maximum atomic E-state index is 2.35. The van der Waals surface area contributed by atoms with Gasteiger partial charge in [-0.15, -0.1) is 0 Å². The van der Waals surface area contributed by atoms with Gasteiger partial charge in [0.25, 0.3) is 0 Å². The van der Waals surface area contributed by atoms with E-state index in [0.29, 0.717) is 0 Å². The summed E-state index contributed by atoms with van der Waals surface area (Å²) in [7, 11) is 0. The molecule has 0 bridgehead atoms. The quantitative estimate of drug-likeness (QED) is 0.398. The van der Waals surface area contributed by atoms with Gasteiger partial charge in [0.1, 0.15) is 0 Å². The Bertz CT molecular complexity index is 107. The van der Waals surface area contributed by atoms with Gasteiger partial charge in [-0.05, 0) is 48.7 Å². The van der Waals surface area contributed by atoms with Crippen molar-refractivity contribution in [3.63, 3.8) is 0 Å². The Morgan fingerprint density at radius 1 is 0.786 bits per heavy atom. The van der Waals surface area contributed by atoms with E-state index in [1.807, 2.05) is 23.5 Å². The summed E-state index contributed by atoms with van der Waals surface area (Å²) in [5, 5.41) is 0. The lowest BCUT2D eigenvalue weighted by molar-refractivity contribution is 0.933. The van der Waals surface area contributed by atoms with Crippen LogP contribution < -0.4 is 0 Å². The molecule has 0 saturated carbocycles. The van der Waals surface area contributed by atoms with Crippen molar-refractivity contribution in [3.05, 3.63) is 12.2 Å². The zero-order valence-electron chi connectivity index (χ0n) is 9.63. The fraction of sp³-hybridized carbons (Fsp3) is 0.833. The van der Waals surface area contributed by atoms with Crippen LogP contribution in [-0.4, -0.2) is 23.0 Å². The molecule has 0 aromatic carbocycles. The summed E-state index contributed by atoms with van der Waals surface area (Å²) < 4.78 is 0. The van der Waals surface area contributed by atoms with Crippen LogP contribution in [0.4, 0.5) is 0 Å². The van der Waals surface area contributed by atoms with Crippen LogP contribution in [-0.2, 0) is 0 Å². The molecule has 0 rings (SSSR count). The number of hydrogen-bond donors (Lipinski definition) is 0. The molecule has 2 heteroatoms. The monoisotopic (exact) mass is 232 g/mol. The normalized spacial score (nSPS) is 11.3. The molecule has 0 amide bonds. The Hall–Kier alpha value is 0.440. The summed E-state index contributed by atoms with van der Waals surface area (Å²) in [6.07, 6.45) is 9.94. The van der Waals surface area contributed by atoms with E-state index in [1.165, 1.54) is 48.7 Å². The maximum Gasteiger partial charge on any atom is -0.00647 e. The van der Waals surface area contributed by atoms with Gasteiger partial charge in [0.2, 0.25) is 0 Å². The first-order valence-corrected chi connectivity index (χ1v) is 8.03. The predicted molar refractivity (Wildman–Crippen MR) is 73.6 cm³/mol. The molecule has 0 aliphatic rings. The van der Waals surface area contributed by atoms with Gasteiger partial charge in [-0.25, -0.2) is 0 Å². The van der Waals surface area contributed by atoms with Gasteiger partial charge < -0.3 is 0 Å². The van der Waals surface area contributed by atoms with E-state index >= 15 is 0 Å². The minimum Gasteiger partial charge on any atom is -0.162 e. The highest BCUT2D eigenvalue weighted by atomic mass is 32.2. The van der Waals surface area contributed by atoms with E-state index in [9.17, 15) is 0 Å². The van der Waals surface area contributed by atoms with Crippen molar-refractivity contribution in [2.24, 2.45) is 0 Å². The molecule has 14 heavy (non-hydrogen) atoms. The molecule has 0 spiro atoms. The second kappa shape index (κ2) is 13.4. The average Bonchev–Trinajstić information content (AvgIpc) is 2.21. The first-order valence-electron chi connectivity index (χ1n) is 5.72. The van der Waals surface area contributed by atoms with Crippen LogP contribution in [0, 0.1) is 0 Å². The lowest BCUT2D eigenvalue weighted by atomic mass is 10.2. The molecule has 0 saturated heterocycles. The number of thioether (sulfide) groups is 2. The highest BCUT2D eigenvalue weighted by molar-refractivity contribution is 7.99. The molecular weight excluding hydrogens is 208 g/mol. The fourth-order valence-corrected chi connectivity index (χ4v) is 2.45. The van der Waals surface area contributed by atoms with E-state index in [2.05, 4.69) is 26.0 Å². The van der Waals surface area contributed by atoms with E-state index in [1.54, 1.807) is 0 Å². The predicted octanol–water partition coefficient (Wildman–Crippen LogP) is 4.61. The average molecular weight is 232 g/mol. The third kappa shape index (κ3) is 12.4. The van der Waals surface area contributed by atoms with Crippen LogP contribution in [0.25, 0.3) is 0 Å². The molecule has 0 aromatic rings. The minimum atomic E-state index is 1.26. The zero-order chi connectivity index (χ0) is 10.5. The maximum absolute atomic E-state index is 2.35. The molecular formula is C12H24S2. The van der Waals surface area contributed by atoms with Gasteiger partial charge in [0.05, 0.1) is 0 Å². The number of hydrogen-bond acceptors (Lipinski definition) is 2. The number of unbranched alkanes of at least 4 members (excludes halogenated alkanes) is 2. The Balaban J connectivity index is 2.96. The van der Waals surface area contributed by atoms with Crippen molar-refractivity contribution >= 4 is 23.5 Å². The van der Waals surface area contributed by atoms with E-state index in [-0.39, 0.29) is 0 Å². The topological polar surface area (TPSA) is 0 Å². The van der Waals surface area contributed by atoms with Crippen LogP contribution in [0.15, 0.2) is 12.2 Å². The van der Waals surface area contributed by atoms with Gasteiger partial charge >= 0.3 is 0 Å². The Labute approximate surface area is 98.3 Å². The molecule has 0 unspecified atom stereocenters. The van der Waals surface area contributed by atoms with Crippen LogP contribution in [0.1, 0.15) is 39.5 Å². The lowest BCUT2D eigenvalue weighted by Crippen LogP contribution is -1.80. The van der Waals surface area contributed by atoms with E-state index in [0.717, 1.165) is 0 Å². The van der Waals surface area contributed by atoms with Crippen LogP contribution in [0.5, 0.6) is 0 Å². The third-order valence-electron chi connectivity index (χ3n) is 1.89. The SMILES string of the molecule is CCSCCC/C=C\CCCSCC. The molecule has 0 aliphatic heterocycles. The second-order valence-electron chi connectivity index (χ2n) is 3.15. The fourth-order valence-electron chi connectivity index (χ4n) is 1.13. The zero-order valence-corrected chi connectivity index (χ0v) is 11.3. The van der Waals surface area contributed by atoms with Gasteiger partial charge in [-0.2, -0.15) is 23.5 Å². The van der Waals surface area contributed by atoms with Crippen LogP contribution in [0.3, 0.4) is 0 Å².